The lowest BCUT2D eigenvalue weighted by molar-refractivity contribution is 0.112. The summed E-state index contributed by atoms with van der Waals surface area (Å²) in [4.78, 5) is 15.4. The molecule has 2 N–H and O–H groups in total. The van der Waals surface area contributed by atoms with Gasteiger partial charge in [0.1, 0.15) is 0 Å². The van der Waals surface area contributed by atoms with Crippen molar-refractivity contribution in [2.24, 2.45) is 0 Å². The second kappa shape index (κ2) is 10.1. The zero-order valence-corrected chi connectivity index (χ0v) is 16.4. The van der Waals surface area contributed by atoms with Crippen molar-refractivity contribution in [3.8, 4) is 0 Å². The van der Waals surface area contributed by atoms with E-state index >= 15 is 0 Å². The topological polar surface area (TPSA) is 47.6 Å². The second-order valence-corrected chi connectivity index (χ2v) is 7.71. The fraction of sp³-hybridized carbons (Fsp3) is 0.632. The predicted molar refractivity (Wildman–Crippen MR) is 106 cm³/mol. The zero-order valence-electron chi connectivity index (χ0n) is 15.6. The van der Waals surface area contributed by atoms with E-state index in [0.29, 0.717) is 16.6 Å². The first-order chi connectivity index (χ1) is 12.0. The van der Waals surface area contributed by atoms with Gasteiger partial charge in [-0.1, -0.05) is 11.6 Å². The number of carbonyl (C=O) groups is 1. The van der Waals surface area contributed by atoms with Gasteiger partial charge in [-0.15, -0.1) is 0 Å². The molecule has 1 aromatic rings. The number of benzene rings is 1. The first-order valence-corrected chi connectivity index (χ1v) is 9.44. The van der Waals surface area contributed by atoms with E-state index in [-0.39, 0.29) is 0 Å². The van der Waals surface area contributed by atoms with Gasteiger partial charge in [0.05, 0.1) is 5.02 Å². The average molecular weight is 367 g/mol. The van der Waals surface area contributed by atoms with Gasteiger partial charge in [0.15, 0.2) is 6.29 Å². The van der Waals surface area contributed by atoms with Gasteiger partial charge in [0.25, 0.3) is 0 Å². The molecule has 2 heterocycles. The fourth-order valence-electron chi connectivity index (χ4n) is 3.36. The average Bonchev–Trinajstić information content (AvgIpc) is 3.04. The van der Waals surface area contributed by atoms with E-state index in [4.69, 9.17) is 11.6 Å². The lowest BCUT2D eigenvalue weighted by atomic mass is 10.1. The van der Waals surface area contributed by atoms with E-state index in [1.807, 2.05) is 38.2 Å². The summed E-state index contributed by atoms with van der Waals surface area (Å²) >= 11 is 6.08. The number of nitrogens with one attached hydrogen (secondary N) is 2. The molecule has 0 spiro atoms. The maximum atomic E-state index is 10.8. The molecular weight excluding hydrogens is 336 g/mol. The summed E-state index contributed by atoms with van der Waals surface area (Å²) < 4.78 is 0. The van der Waals surface area contributed by atoms with Crippen LogP contribution in [0.4, 0.5) is 5.69 Å². The molecule has 2 saturated heterocycles. The minimum Gasteiger partial charge on any atom is -0.381 e. The lowest BCUT2D eigenvalue weighted by Crippen LogP contribution is -2.42. The molecule has 0 radical (unpaired) electrons. The Morgan fingerprint density at radius 2 is 1.92 bits per heavy atom. The van der Waals surface area contributed by atoms with Crippen molar-refractivity contribution in [2.75, 3.05) is 52.6 Å². The Hall–Kier alpha value is -1.14. The van der Waals surface area contributed by atoms with Crippen LogP contribution >= 0.6 is 11.6 Å². The Bertz CT molecular complexity index is 543. The van der Waals surface area contributed by atoms with Crippen LogP contribution in [0.2, 0.25) is 5.02 Å². The summed E-state index contributed by atoms with van der Waals surface area (Å²) in [6.07, 6.45) is 4.47. The molecule has 2 aliphatic heterocycles. The van der Waals surface area contributed by atoms with Gasteiger partial charge in [-0.25, -0.2) is 0 Å². The van der Waals surface area contributed by atoms with Crippen LogP contribution in [0.15, 0.2) is 18.2 Å². The molecule has 0 bridgehead atoms. The standard InChI is InChI=1S/C16H22ClN3O.C3H9N/c17-16-9-13(2-1-12(16)11-21)19-14-5-8-20(10-14)15-3-6-18-7-4-15;1-4(2)3/h1-2,9,11,14-15,18-19H,3-8,10H2;1-3H3. The highest BCUT2D eigenvalue weighted by Crippen LogP contribution is 2.24. The van der Waals surface area contributed by atoms with Crippen LogP contribution in [0, 0.1) is 0 Å². The minimum atomic E-state index is 0.470. The van der Waals surface area contributed by atoms with Crippen molar-refractivity contribution in [3.63, 3.8) is 0 Å². The van der Waals surface area contributed by atoms with Gasteiger partial charge in [0, 0.05) is 36.4 Å². The SMILES string of the molecule is CN(C)C.O=Cc1ccc(NC2CCN(C3CCNCC3)C2)cc1Cl. The smallest absolute Gasteiger partial charge is 0.151 e. The van der Waals surface area contributed by atoms with Crippen LogP contribution in [0.25, 0.3) is 0 Å². The summed E-state index contributed by atoms with van der Waals surface area (Å²) in [5.41, 5.74) is 1.55. The first kappa shape index (κ1) is 20.2. The van der Waals surface area contributed by atoms with Crippen LogP contribution in [0.5, 0.6) is 0 Å². The summed E-state index contributed by atoms with van der Waals surface area (Å²) in [6.45, 7) is 4.55. The Morgan fingerprint density at radius 3 is 2.52 bits per heavy atom. The maximum Gasteiger partial charge on any atom is 0.151 e. The summed E-state index contributed by atoms with van der Waals surface area (Å²) in [6, 6.07) is 6.76. The number of likely N-dealkylation sites (tertiary alicyclic amines) is 1. The number of aldehydes is 1. The van der Waals surface area contributed by atoms with E-state index in [1.54, 1.807) is 6.07 Å². The normalized spacial score (nSPS) is 21.7. The Labute approximate surface area is 156 Å². The number of hydrogen-bond donors (Lipinski definition) is 2. The highest BCUT2D eigenvalue weighted by Gasteiger charge is 2.28. The molecule has 0 aliphatic carbocycles. The van der Waals surface area contributed by atoms with Crippen molar-refractivity contribution < 1.29 is 4.79 Å². The molecule has 140 valence electrons. The molecule has 0 saturated carbocycles. The van der Waals surface area contributed by atoms with Gasteiger partial charge in [-0.05, 0) is 71.7 Å². The monoisotopic (exact) mass is 366 g/mol. The molecule has 6 heteroatoms. The second-order valence-electron chi connectivity index (χ2n) is 7.30. The van der Waals surface area contributed by atoms with Crippen molar-refractivity contribution >= 4 is 23.6 Å². The molecular formula is C19H31ClN4O. The lowest BCUT2D eigenvalue weighted by Gasteiger charge is -2.31. The number of hydrogen-bond acceptors (Lipinski definition) is 5. The van der Waals surface area contributed by atoms with Crippen LogP contribution in [-0.4, -0.2) is 75.5 Å². The van der Waals surface area contributed by atoms with Crippen molar-refractivity contribution in [1.29, 1.82) is 0 Å². The third-order valence-electron chi connectivity index (χ3n) is 4.54. The van der Waals surface area contributed by atoms with Gasteiger partial charge in [-0.3, -0.25) is 9.69 Å². The van der Waals surface area contributed by atoms with Gasteiger partial charge in [0.2, 0.25) is 0 Å². The molecule has 5 nitrogen and oxygen atoms in total. The highest BCUT2D eigenvalue weighted by molar-refractivity contribution is 6.33. The predicted octanol–water partition coefficient (Wildman–Crippen LogP) is 2.57. The third-order valence-corrected chi connectivity index (χ3v) is 4.87. The molecule has 0 aromatic heterocycles. The van der Waals surface area contributed by atoms with Crippen molar-refractivity contribution in [3.05, 3.63) is 28.8 Å². The number of piperidine rings is 1. The van der Waals surface area contributed by atoms with Crippen molar-refractivity contribution in [2.45, 2.75) is 31.3 Å². The number of anilines is 1. The number of nitrogens with zero attached hydrogens (tertiary/aromatic N) is 2. The molecule has 3 rings (SSSR count). The fourth-order valence-corrected chi connectivity index (χ4v) is 3.58. The molecule has 1 aromatic carbocycles. The van der Waals surface area contributed by atoms with Gasteiger partial charge in [-0.2, -0.15) is 0 Å². The van der Waals surface area contributed by atoms with E-state index in [0.717, 1.165) is 44.1 Å². The minimum absolute atomic E-state index is 0.470. The highest BCUT2D eigenvalue weighted by atomic mass is 35.5. The number of carbonyl (C=O) groups excluding carboxylic acids is 1. The molecule has 2 aliphatic rings. The van der Waals surface area contributed by atoms with Gasteiger partial charge < -0.3 is 15.5 Å². The Balaban J connectivity index is 0.000000511. The van der Waals surface area contributed by atoms with Crippen LogP contribution < -0.4 is 10.6 Å². The van der Waals surface area contributed by atoms with Crippen molar-refractivity contribution in [1.82, 2.24) is 15.1 Å². The van der Waals surface area contributed by atoms with E-state index in [1.165, 1.54) is 19.4 Å². The van der Waals surface area contributed by atoms with E-state index < -0.39 is 0 Å². The Kier molecular flexibility index (Phi) is 8.16. The molecule has 1 atom stereocenters. The first-order valence-electron chi connectivity index (χ1n) is 9.06. The number of rotatable bonds is 4. The largest absolute Gasteiger partial charge is 0.381 e. The van der Waals surface area contributed by atoms with Crippen LogP contribution in [-0.2, 0) is 0 Å². The molecule has 1 unspecified atom stereocenters. The van der Waals surface area contributed by atoms with E-state index in [9.17, 15) is 4.79 Å². The summed E-state index contributed by atoms with van der Waals surface area (Å²) in [5.74, 6) is 0. The number of halogens is 1. The van der Waals surface area contributed by atoms with Crippen LogP contribution in [0.1, 0.15) is 29.6 Å². The van der Waals surface area contributed by atoms with Gasteiger partial charge >= 0.3 is 0 Å². The summed E-state index contributed by atoms with van der Waals surface area (Å²) in [5, 5.41) is 7.48. The van der Waals surface area contributed by atoms with E-state index in [2.05, 4.69) is 15.5 Å². The summed E-state index contributed by atoms with van der Waals surface area (Å²) in [7, 11) is 6.00. The quantitative estimate of drug-likeness (QED) is 0.802. The molecule has 2 fully saturated rings. The maximum absolute atomic E-state index is 10.8. The molecule has 0 amide bonds. The van der Waals surface area contributed by atoms with Crippen LogP contribution in [0.3, 0.4) is 0 Å². The third kappa shape index (κ3) is 6.59. The molecule has 25 heavy (non-hydrogen) atoms. The zero-order chi connectivity index (χ0) is 18.2. The Morgan fingerprint density at radius 1 is 1.24 bits per heavy atom.